The van der Waals surface area contributed by atoms with Gasteiger partial charge in [-0.3, -0.25) is 0 Å². The molecular weight excluding hydrogens is 210 g/mol. The van der Waals surface area contributed by atoms with Gasteiger partial charge in [-0.15, -0.1) is 0 Å². The molecule has 88 valence electrons. The molecule has 0 aliphatic carbocycles. The van der Waals surface area contributed by atoms with E-state index in [1.54, 1.807) is 0 Å². The Labute approximate surface area is 93.1 Å². The maximum absolute atomic E-state index is 11.0. The van der Waals surface area contributed by atoms with Gasteiger partial charge in [0.1, 0.15) is 16.9 Å². The molecule has 3 N–H and O–H groups in total. The predicted octanol–water partition coefficient (Wildman–Crippen LogP) is 0.795. The van der Waals surface area contributed by atoms with E-state index in [0.29, 0.717) is 19.5 Å². The third-order valence-electron chi connectivity index (χ3n) is 3.24. The van der Waals surface area contributed by atoms with Crippen LogP contribution in [-0.2, 0) is 5.60 Å². The van der Waals surface area contributed by atoms with Crippen LogP contribution in [0.4, 0.5) is 0 Å². The molecule has 1 saturated heterocycles. The Morgan fingerprint density at radius 3 is 3.06 bits per heavy atom. The lowest BCUT2D eigenvalue weighted by Crippen LogP contribution is -2.47. The largest absolute Gasteiger partial charge is 0.478 e. The predicted molar refractivity (Wildman–Crippen MR) is 56.2 cm³/mol. The van der Waals surface area contributed by atoms with E-state index in [1.165, 1.54) is 12.3 Å². The van der Waals surface area contributed by atoms with Crippen molar-refractivity contribution in [1.82, 2.24) is 5.32 Å². The number of rotatable bonds is 2. The second kappa shape index (κ2) is 3.92. The van der Waals surface area contributed by atoms with Gasteiger partial charge in [0.15, 0.2) is 0 Å². The average Bonchev–Trinajstić information content (AvgIpc) is 2.72. The van der Waals surface area contributed by atoms with Crippen LogP contribution in [-0.4, -0.2) is 29.3 Å². The van der Waals surface area contributed by atoms with Crippen LogP contribution < -0.4 is 5.32 Å². The highest BCUT2D eigenvalue weighted by Gasteiger charge is 2.43. The molecule has 0 spiro atoms. The summed E-state index contributed by atoms with van der Waals surface area (Å²) in [5.41, 5.74) is -1.13. The summed E-state index contributed by atoms with van der Waals surface area (Å²) in [7, 11) is 0. The van der Waals surface area contributed by atoms with Gasteiger partial charge >= 0.3 is 5.97 Å². The molecule has 2 atom stereocenters. The molecule has 2 rings (SSSR count). The molecule has 0 aromatic carbocycles. The van der Waals surface area contributed by atoms with E-state index in [-0.39, 0.29) is 17.2 Å². The minimum Gasteiger partial charge on any atom is -0.478 e. The zero-order chi connectivity index (χ0) is 11.8. The summed E-state index contributed by atoms with van der Waals surface area (Å²) < 4.78 is 5.18. The topological polar surface area (TPSA) is 82.7 Å². The number of piperidine rings is 1. The molecular formula is C11H15NO4. The van der Waals surface area contributed by atoms with E-state index in [9.17, 15) is 9.90 Å². The van der Waals surface area contributed by atoms with Crippen molar-refractivity contribution in [2.24, 2.45) is 5.92 Å². The number of aromatic carboxylic acids is 1. The minimum absolute atomic E-state index is 0.0521. The molecule has 1 aromatic rings. The smallest absolute Gasteiger partial charge is 0.339 e. The van der Waals surface area contributed by atoms with Gasteiger partial charge in [0, 0.05) is 12.5 Å². The molecule has 0 saturated carbocycles. The maximum atomic E-state index is 11.0. The van der Waals surface area contributed by atoms with Crippen LogP contribution in [0.2, 0.25) is 0 Å². The van der Waals surface area contributed by atoms with E-state index >= 15 is 0 Å². The molecule has 5 heteroatoms. The third-order valence-corrected chi connectivity index (χ3v) is 3.24. The summed E-state index contributed by atoms with van der Waals surface area (Å²) in [6.07, 6.45) is 1.77. The fourth-order valence-corrected chi connectivity index (χ4v) is 2.16. The fraction of sp³-hybridized carbons (Fsp3) is 0.545. The van der Waals surface area contributed by atoms with Gasteiger partial charge in [0.2, 0.25) is 0 Å². The van der Waals surface area contributed by atoms with Crippen molar-refractivity contribution in [2.75, 3.05) is 13.1 Å². The highest BCUT2D eigenvalue weighted by Crippen LogP contribution is 2.37. The lowest BCUT2D eigenvalue weighted by molar-refractivity contribution is -0.0572. The second-order valence-electron chi connectivity index (χ2n) is 4.25. The molecule has 2 unspecified atom stereocenters. The normalized spacial score (nSPS) is 30.2. The van der Waals surface area contributed by atoms with Crippen LogP contribution in [0.5, 0.6) is 0 Å². The summed E-state index contributed by atoms with van der Waals surface area (Å²) in [5.74, 6) is -0.970. The highest BCUT2D eigenvalue weighted by molar-refractivity contribution is 5.89. The quantitative estimate of drug-likeness (QED) is 0.693. The molecule has 1 aliphatic rings. The SMILES string of the molecule is CC1CNCCC1(O)c1occc1C(=O)O. The molecule has 1 fully saturated rings. The number of carboxylic acid groups (broad SMARTS) is 1. The van der Waals surface area contributed by atoms with Crippen molar-refractivity contribution < 1.29 is 19.4 Å². The van der Waals surface area contributed by atoms with Crippen LogP contribution in [0.25, 0.3) is 0 Å². The van der Waals surface area contributed by atoms with E-state index in [4.69, 9.17) is 9.52 Å². The molecule has 2 heterocycles. The maximum Gasteiger partial charge on any atom is 0.339 e. The van der Waals surface area contributed by atoms with Gasteiger partial charge in [-0.25, -0.2) is 4.79 Å². The van der Waals surface area contributed by atoms with E-state index in [2.05, 4.69) is 5.32 Å². The van der Waals surface area contributed by atoms with Gasteiger partial charge < -0.3 is 19.9 Å². The van der Waals surface area contributed by atoms with Crippen molar-refractivity contribution in [3.05, 3.63) is 23.7 Å². The zero-order valence-electron chi connectivity index (χ0n) is 9.06. The van der Waals surface area contributed by atoms with Crippen molar-refractivity contribution in [3.8, 4) is 0 Å². The number of nitrogens with one attached hydrogen (secondary N) is 1. The van der Waals surface area contributed by atoms with Gasteiger partial charge in [0.05, 0.1) is 6.26 Å². The summed E-state index contributed by atoms with van der Waals surface area (Å²) in [6, 6.07) is 1.38. The first-order chi connectivity index (χ1) is 7.55. The Morgan fingerprint density at radius 1 is 1.69 bits per heavy atom. The first-order valence-corrected chi connectivity index (χ1v) is 5.30. The van der Waals surface area contributed by atoms with Gasteiger partial charge in [-0.05, 0) is 19.0 Å². The van der Waals surface area contributed by atoms with Crippen molar-refractivity contribution in [2.45, 2.75) is 18.9 Å². The molecule has 5 nitrogen and oxygen atoms in total. The summed E-state index contributed by atoms with van der Waals surface area (Å²) in [6.45, 7) is 3.18. The summed E-state index contributed by atoms with van der Waals surface area (Å²) in [4.78, 5) is 11.0. The Kier molecular flexibility index (Phi) is 2.73. The Hall–Kier alpha value is -1.33. The number of hydrogen-bond acceptors (Lipinski definition) is 4. The van der Waals surface area contributed by atoms with Crippen LogP contribution in [0, 0.1) is 5.92 Å². The summed E-state index contributed by atoms with van der Waals surface area (Å²) in [5, 5.41) is 22.7. The van der Waals surface area contributed by atoms with Crippen molar-refractivity contribution in [3.63, 3.8) is 0 Å². The van der Waals surface area contributed by atoms with E-state index in [1.807, 2.05) is 6.92 Å². The first kappa shape index (κ1) is 11.2. The number of aliphatic hydroxyl groups is 1. The zero-order valence-corrected chi connectivity index (χ0v) is 9.06. The first-order valence-electron chi connectivity index (χ1n) is 5.30. The summed E-state index contributed by atoms with van der Waals surface area (Å²) >= 11 is 0. The van der Waals surface area contributed by atoms with Crippen LogP contribution >= 0.6 is 0 Å². The Balaban J connectivity index is 2.41. The monoisotopic (exact) mass is 225 g/mol. The second-order valence-corrected chi connectivity index (χ2v) is 4.25. The number of hydrogen-bond donors (Lipinski definition) is 3. The highest BCUT2D eigenvalue weighted by atomic mass is 16.4. The van der Waals surface area contributed by atoms with Gasteiger partial charge in [0.25, 0.3) is 0 Å². The third kappa shape index (κ3) is 1.62. The average molecular weight is 225 g/mol. The number of carbonyl (C=O) groups is 1. The van der Waals surface area contributed by atoms with E-state index in [0.717, 1.165) is 0 Å². The lowest BCUT2D eigenvalue weighted by atomic mass is 9.80. The molecule has 16 heavy (non-hydrogen) atoms. The minimum atomic E-state index is -1.18. The molecule has 1 aromatic heterocycles. The molecule has 0 bridgehead atoms. The van der Waals surface area contributed by atoms with Crippen LogP contribution in [0.15, 0.2) is 16.7 Å². The van der Waals surface area contributed by atoms with Crippen LogP contribution in [0.3, 0.4) is 0 Å². The van der Waals surface area contributed by atoms with Gasteiger partial charge in [-0.2, -0.15) is 0 Å². The molecule has 0 amide bonds. The molecule has 1 aliphatic heterocycles. The Bertz CT molecular complexity index is 400. The van der Waals surface area contributed by atoms with Crippen molar-refractivity contribution in [1.29, 1.82) is 0 Å². The van der Waals surface area contributed by atoms with Crippen LogP contribution in [0.1, 0.15) is 29.5 Å². The van der Waals surface area contributed by atoms with Gasteiger partial charge in [-0.1, -0.05) is 6.92 Å². The van der Waals surface area contributed by atoms with Crippen molar-refractivity contribution >= 4 is 5.97 Å². The van der Waals surface area contributed by atoms with E-state index < -0.39 is 11.6 Å². The Morgan fingerprint density at radius 2 is 2.44 bits per heavy atom. The fourth-order valence-electron chi connectivity index (χ4n) is 2.16. The molecule has 0 radical (unpaired) electrons. The number of furan rings is 1. The number of carboxylic acids is 1. The standard InChI is InChI=1S/C11H15NO4/c1-7-6-12-4-3-11(7,15)9-8(10(13)14)2-5-16-9/h2,5,7,12,15H,3-4,6H2,1H3,(H,13,14). The lowest BCUT2D eigenvalue weighted by Gasteiger charge is -2.37.